The minimum absolute atomic E-state index is 0.634. The molecule has 0 aromatic rings. The molecule has 0 spiro atoms. The van der Waals surface area contributed by atoms with Crippen LogP contribution in [0.2, 0.25) is 0 Å². The lowest BCUT2D eigenvalue weighted by molar-refractivity contribution is 0.660. The molecule has 1 fully saturated rings. The summed E-state index contributed by atoms with van der Waals surface area (Å²) in [7, 11) is 0. The van der Waals surface area contributed by atoms with Gasteiger partial charge in [-0.2, -0.15) is 0 Å². The maximum absolute atomic E-state index is 3.32. The standard InChI is InChI=1S/C9H13N/c1-2-9(3-1)10-7-6-8-4-5-8/h1-2,6-10H,3-5H2/b7-6-. The van der Waals surface area contributed by atoms with Crippen molar-refractivity contribution >= 4 is 0 Å². The highest BCUT2D eigenvalue weighted by molar-refractivity contribution is 5.09. The quantitative estimate of drug-likeness (QED) is 0.582. The van der Waals surface area contributed by atoms with Crippen LogP contribution in [0.3, 0.4) is 0 Å². The predicted molar refractivity (Wildman–Crippen MR) is 42.5 cm³/mol. The molecule has 1 heteroatoms. The van der Waals surface area contributed by atoms with Gasteiger partial charge in [-0.05, 0) is 31.4 Å². The summed E-state index contributed by atoms with van der Waals surface area (Å²) in [5, 5.41) is 3.32. The van der Waals surface area contributed by atoms with Gasteiger partial charge in [0.1, 0.15) is 0 Å². The summed E-state index contributed by atoms with van der Waals surface area (Å²) in [5.74, 6) is 0.900. The van der Waals surface area contributed by atoms with Crippen LogP contribution < -0.4 is 5.32 Å². The Bertz CT molecular complexity index is 166. The van der Waals surface area contributed by atoms with Crippen molar-refractivity contribution in [3.05, 3.63) is 24.4 Å². The molecular weight excluding hydrogens is 122 g/mol. The first-order chi connectivity index (χ1) is 4.95. The van der Waals surface area contributed by atoms with E-state index in [-0.39, 0.29) is 0 Å². The van der Waals surface area contributed by atoms with Crippen molar-refractivity contribution in [1.82, 2.24) is 5.32 Å². The molecule has 1 nitrogen and oxygen atoms in total. The largest absolute Gasteiger partial charge is 0.385 e. The third kappa shape index (κ3) is 1.41. The van der Waals surface area contributed by atoms with Crippen LogP contribution in [0, 0.1) is 5.92 Å². The van der Waals surface area contributed by atoms with Crippen molar-refractivity contribution in [3.8, 4) is 0 Å². The smallest absolute Gasteiger partial charge is 0.0473 e. The Labute approximate surface area is 61.8 Å². The van der Waals surface area contributed by atoms with Gasteiger partial charge in [-0.3, -0.25) is 0 Å². The Hall–Kier alpha value is -0.720. The molecule has 1 N–H and O–H groups in total. The first-order valence-electron chi connectivity index (χ1n) is 4.04. The van der Waals surface area contributed by atoms with E-state index in [0.29, 0.717) is 6.04 Å². The molecular formula is C9H13N. The number of hydrogen-bond acceptors (Lipinski definition) is 1. The Morgan fingerprint density at radius 1 is 1.40 bits per heavy atom. The van der Waals surface area contributed by atoms with Crippen molar-refractivity contribution in [2.24, 2.45) is 5.92 Å². The normalized spacial score (nSPS) is 30.6. The van der Waals surface area contributed by atoms with Crippen LogP contribution in [0.25, 0.3) is 0 Å². The molecule has 0 radical (unpaired) electrons. The summed E-state index contributed by atoms with van der Waals surface area (Å²) in [6.45, 7) is 0. The highest BCUT2D eigenvalue weighted by Crippen LogP contribution is 2.29. The summed E-state index contributed by atoms with van der Waals surface area (Å²) in [5.41, 5.74) is 0. The molecule has 2 rings (SSSR count). The summed E-state index contributed by atoms with van der Waals surface area (Å²) in [6.07, 6.45) is 12.8. The van der Waals surface area contributed by atoms with Crippen LogP contribution >= 0.6 is 0 Å². The van der Waals surface area contributed by atoms with E-state index >= 15 is 0 Å². The number of allylic oxidation sites excluding steroid dienone is 1. The number of hydrogen-bond donors (Lipinski definition) is 1. The third-order valence-corrected chi connectivity index (χ3v) is 2.06. The second-order valence-electron chi connectivity index (χ2n) is 3.13. The lowest BCUT2D eigenvalue weighted by Gasteiger charge is -2.17. The van der Waals surface area contributed by atoms with Gasteiger partial charge >= 0.3 is 0 Å². The Morgan fingerprint density at radius 2 is 2.20 bits per heavy atom. The lowest BCUT2D eigenvalue weighted by atomic mass is 10.1. The van der Waals surface area contributed by atoms with E-state index < -0.39 is 0 Å². The number of rotatable bonds is 3. The zero-order valence-corrected chi connectivity index (χ0v) is 6.09. The summed E-state index contributed by atoms with van der Waals surface area (Å²) in [4.78, 5) is 0. The van der Waals surface area contributed by atoms with Gasteiger partial charge in [-0.15, -0.1) is 0 Å². The average Bonchev–Trinajstić information content (AvgIpc) is 2.58. The lowest BCUT2D eigenvalue weighted by Crippen LogP contribution is -2.25. The predicted octanol–water partition coefficient (Wildman–Crippen LogP) is 1.83. The van der Waals surface area contributed by atoms with Crippen LogP contribution in [0.5, 0.6) is 0 Å². The molecule has 0 aliphatic heterocycles. The fourth-order valence-electron chi connectivity index (χ4n) is 1.000. The van der Waals surface area contributed by atoms with E-state index in [9.17, 15) is 0 Å². The van der Waals surface area contributed by atoms with E-state index in [1.54, 1.807) is 0 Å². The van der Waals surface area contributed by atoms with E-state index in [4.69, 9.17) is 0 Å². The van der Waals surface area contributed by atoms with Gasteiger partial charge in [0.15, 0.2) is 0 Å². The topological polar surface area (TPSA) is 12.0 Å². The average molecular weight is 135 g/mol. The SMILES string of the molecule is C1=CC(N/C=C\C2CC2)C1. The molecule has 54 valence electrons. The zero-order valence-electron chi connectivity index (χ0n) is 6.09. The Balaban J connectivity index is 1.65. The molecule has 0 amide bonds. The van der Waals surface area contributed by atoms with Gasteiger partial charge in [0.05, 0.1) is 0 Å². The van der Waals surface area contributed by atoms with E-state index in [2.05, 4.69) is 29.7 Å². The fraction of sp³-hybridized carbons (Fsp3) is 0.556. The number of nitrogens with one attached hydrogen (secondary N) is 1. The molecule has 1 unspecified atom stereocenters. The molecule has 0 aromatic carbocycles. The maximum Gasteiger partial charge on any atom is 0.0473 e. The molecule has 0 aromatic heterocycles. The monoisotopic (exact) mass is 135 g/mol. The van der Waals surface area contributed by atoms with Crippen molar-refractivity contribution in [3.63, 3.8) is 0 Å². The fourth-order valence-corrected chi connectivity index (χ4v) is 1.000. The van der Waals surface area contributed by atoms with E-state index in [1.165, 1.54) is 19.3 Å². The second-order valence-corrected chi connectivity index (χ2v) is 3.13. The summed E-state index contributed by atoms with van der Waals surface area (Å²) >= 11 is 0. The molecule has 0 bridgehead atoms. The molecule has 1 saturated carbocycles. The van der Waals surface area contributed by atoms with Crippen LogP contribution in [0.1, 0.15) is 19.3 Å². The molecule has 2 aliphatic rings. The summed E-state index contributed by atoms with van der Waals surface area (Å²) in [6, 6.07) is 0.634. The second kappa shape index (κ2) is 2.49. The first-order valence-corrected chi connectivity index (χ1v) is 4.04. The molecule has 2 aliphatic carbocycles. The summed E-state index contributed by atoms with van der Waals surface area (Å²) < 4.78 is 0. The van der Waals surface area contributed by atoms with E-state index in [0.717, 1.165) is 5.92 Å². The Morgan fingerprint density at radius 3 is 2.70 bits per heavy atom. The van der Waals surface area contributed by atoms with Crippen molar-refractivity contribution in [1.29, 1.82) is 0 Å². The van der Waals surface area contributed by atoms with Gasteiger partial charge in [-0.1, -0.05) is 18.2 Å². The van der Waals surface area contributed by atoms with Crippen LogP contribution in [0.15, 0.2) is 24.4 Å². The van der Waals surface area contributed by atoms with Crippen LogP contribution in [-0.2, 0) is 0 Å². The first kappa shape index (κ1) is 6.02. The Kier molecular flexibility index (Phi) is 1.50. The third-order valence-electron chi connectivity index (χ3n) is 2.06. The van der Waals surface area contributed by atoms with Crippen LogP contribution in [-0.4, -0.2) is 6.04 Å². The maximum atomic E-state index is 3.32. The highest BCUT2D eigenvalue weighted by Gasteiger charge is 2.17. The van der Waals surface area contributed by atoms with Gasteiger partial charge in [-0.25, -0.2) is 0 Å². The van der Waals surface area contributed by atoms with Gasteiger partial charge < -0.3 is 5.32 Å². The van der Waals surface area contributed by atoms with Gasteiger partial charge in [0.2, 0.25) is 0 Å². The minimum Gasteiger partial charge on any atom is -0.385 e. The minimum atomic E-state index is 0.634. The highest BCUT2D eigenvalue weighted by atomic mass is 14.9. The molecule has 0 saturated heterocycles. The molecule has 1 atom stereocenters. The van der Waals surface area contributed by atoms with Crippen molar-refractivity contribution < 1.29 is 0 Å². The molecule has 0 heterocycles. The van der Waals surface area contributed by atoms with Crippen LogP contribution in [0.4, 0.5) is 0 Å². The van der Waals surface area contributed by atoms with Gasteiger partial charge in [0.25, 0.3) is 0 Å². The zero-order chi connectivity index (χ0) is 6.81. The van der Waals surface area contributed by atoms with Gasteiger partial charge in [0, 0.05) is 6.04 Å². The van der Waals surface area contributed by atoms with Crippen molar-refractivity contribution in [2.45, 2.75) is 25.3 Å². The van der Waals surface area contributed by atoms with E-state index in [1.807, 2.05) is 0 Å². The van der Waals surface area contributed by atoms with Crippen molar-refractivity contribution in [2.75, 3.05) is 0 Å². The molecule has 10 heavy (non-hydrogen) atoms.